The van der Waals surface area contributed by atoms with E-state index in [1.807, 2.05) is 48.8 Å². The van der Waals surface area contributed by atoms with Crippen molar-refractivity contribution in [2.45, 2.75) is 19.6 Å². The zero-order valence-corrected chi connectivity index (χ0v) is 17.6. The molecule has 0 bridgehead atoms. The summed E-state index contributed by atoms with van der Waals surface area (Å²) < 4.78 is 8.23. The fourth-order valence-electron chi connectivity index (χ4n) is 3.15. The third kappa shape index (κ3) is 4.68. The highest BCUT2D eigenvalue weighted by Gasteiger charge is 2.11. The van der Waals surface area contributed by atoms with E-state index < -0.39 is 0 Å². The summed E-state index contributed by atoms with van der Waals surface area (Å²) in [5, 5.41) is 2.93. The molecule has 1 N–H and O–H groups in total. The topological polar surface area (TPSA) is 63.3 Å². The third-order valence-corrected chi connectivity index (χ3v) is 5.14. The Bertz CT molecular complexity index is 1120. The average Bonchev–Trinajstić information content (AvgIpc) is 3.33. The van der Waals surface area contributed by atoms with Gasteiger partial charge in [0.25, 0.3) is 0 Å². The van der Waals surface area contributed by atoms with Crippen molar-refractivity contribution in [1.82, 2.24) is 19.8 Å². The lowest BCUT2D eigenvalue weighted by atomic mass is 10.1. The van der Waals surface area contributed by atoms with Crippen molar-refractivity contribution in [2.24, 2.45) is 0 Å². The van der Waals surface area contributed by atoms with E-state index in [1.54, 1.807) is 11.9 Å². The summed E-state index contributed by atoms with van der Waals surface area (Å²) in [5.41, 5.74) is 4.35. The predicted octanol–water partition coefficient (Wildman–Crippen LogP) is 4.78. The second-order valence-corrected chi connectivity index (χ2v) is 7.68. The van der Waals surface area contributed by atoms with Crippen LogP contribution >= 0.6 is 15.9 Å². The number of carbonyl (C=O) groups excluding carboxylic acids is 1. The zero-order chi connectivity index (χ0) is 20.2. The second kappa shape index (κ2) is 8.53. The number of hydrogen-bond donors (Lipinski definition) is 1. The summed E-state index contributed by atoms with van der Waals surface area (Å²) in [6.45, 7) is 1.64. The molecular formula is C22H21BrN4O2. The molecular weight excluding hydrogens is 432 g/mol. The molecule has 7 heteroatoms. The van der Waals surface area contributed by atoms with Gasteiger partial charge in [-0.2, -0.15) is 0 Å². The van der Waals surface area contributed by atoms with Gasteiger partial charge >= 0.3 is 6.03 Å². The van der Waals surface area contributed by atoms with Crippen molar-refractivity contribution in [3.63, 3.8) is 0 Å². The van der Waals surface area contributed by atoms with E-state index in [0.717, 1.165) is 28.9 Å². The van der Waals surface area contributed by atoms with Crippen LogP contribution in [0.2, 0.25) is 0 Å². The number of aromatic nitrogens is 2. The van der Waals surface area contributed by atoms with E-state index in [9.17, 15) is 4.79 Å². The Kier molecular flexibility index (Phi) is 5.67. The van der Waals surface area contributed by atoms with Crippen LogP contribution < -0.4 is 5.32 Å². The van der Waals surface area contributed by atoms with E-state index in [0.29, 0.717) is 17.8 Å². The van der Waals surface area contributed by atoms with Crippen LogP contribution in [0.3, 0.4) is 0 Å². The molecule has 0 aliphatic carbocycles. The fourth-order valence-corrected chi connectivity index (χ4v) is 3.49. The summed E-state index contributed by atoms with van der Waals surface area (Å²) in [7, 11) is 1.74. The summed E-state index contributed by atoms with van der Waals surface area (Å²) in [6, 6.07) is 19.9. The van der Waals surface area contributed by atoms with Crippen molar-refractivity contribution in [2.75, 3.05) is 7.05 Å². The van der Waals surface area contributed by atoms with Gasteiger partial charge in [0.1, 0.15) is 5.76 Å². The Balaban J connectivity index is 1.31. The van der Waals surface area contributed by atoms with Gasteiger partial charge < -0.3 is 19.2 Å². The van der Waals surface area contributed by atoms with E-state index in [1.165, 1.54) is 5.56 Å². The molecule has 29 heavy (non-hydrogen) atoms. The normalized spacial score (nSPS) is 11.0. The molecule has 2 aromatic carbocycles. The summed E-state index contributed by atoms with van der Waals surface area (Å²) in [4.78, 5) is 18.3. The van der Waals surface area contributed by atoms with E-state index in [4.69, 9.17) is 4.42 Å². The van der Waals surface area contributed by atoms with Crippen LogP contribution in [-0.2, 0) is 19.6 Å². The number of halogens is 1. The number of imidazole rings is 1. The van der Waals surface area contributed by atoms with Gasteiger partial charge in [0.2, 0.25) is 0 Å². The number of fused-ring (bicyclic) bond motifs is 1. The van der Waals surface area contributed by atoms with Crippen LogP contribution in [0.1, 0.15) is 16.9 Å². The van der Waals surface area contributed by atoms with E-state index in [2.05, 4.69) is 49.0 Å². The van der Waals surface area contributed by atoms with Gasteiger partial charge in [0.15, 0.2) is 4.67 Å². The maximum atomic E-state index is 12.3. The molecule has 148 valence electrons. The summed E-state index contributed by atoms with van der Waals surface area (Å²) in [5.74, 6) is 0.728. The smallest absolute Gasteiger partial charge is 0.317 e. The Hall–Kier alpha value is -3.06. The molecule has 0 unspecified atom stereocenters. The molecule has 4 rings (SSSR count). The SMILES string of the molecule is CN(Cc1ccc(Br)o1)C(=O)NCc1ccc(Cn2cnc3ccccc32)cc1. The number of urea groups is 1. The van der Waals surface area contributed by atoms with E-state index in [-0.39, 0.29) is 6.03 Å². The number of benzene rings is 2. The van der Waals surface area contributed by atoms with Crippen LogP contribution in [0.4, 0.5) is 4.79 Å². The summed E-state index contributed by atoms with van der Waals surface area (Å²) in [6.07, 6.45) is 1.87. The van der Waals surface area contributed by atoms with Crippen LogP contribution in [0.5, 0.6) is 0 Å². The van der Waals surface area contributed by atoms with Gasteiger partial charge in [-0.25, -0.2) is 9.78 Å². The monoisotopic (exact) mass is 452 g/mol. The van der Waals surface area contributed by atoms with Gasteiger partial charge in [-0.1, -0.05) is 36.4 Å². The van der Waals surface area contributed by atoms with Crippen molar-refractivity contribution in [1.29, 1.82) is 0 Å². The van der Waals surface area contributed by atoms with Gasteiger partial charge in [0.05, 0.1) is 23.9 Å². The van der Waals surface area contributed by atoms with E-state index >= 15 is 0 Å². The van der Waals surface area contributed by atoms with Crippen LogP contribution in [0.25, 0.3) is 11.0 Å². The Morgan fingerprint density at radius 3 is 2.62 bits per heavy atom. The second-order valence-electron chi connectivity index (χ2n) is 6.90. The first-order chi connectivity index (χ1) is 14.1. The molecule has 6 nitrogen and oxygen atoms in total. The molecule has 4 aromatic rings. The average molecular weight is 453 g/mol. The van der Waals surface area contributed by atoms with Crippen molar-refractivity contribution >= 4 is 33.0 Å². The van der Waals surface area contributed by atoms with Crippen molar-refractivity contribution in [3.8, 4) is 0 Å². The maximum Gasteiger partial charge on any atom is 0.317 e. The van der Waals surface area contributed by atoms with Crippen LogP contribution in [0.15, 0.2) is 76.1 Å². The molecule has 0 radical (unpaired) electrons. The molecule has 0 atom stereocenters. The van der Waals surface area contributed by atoms with Gasteiger partial charge in [0, 0.05) is 20.1 Å². The first kappa shape index (κ1) is 19.3. The standard InChI is InChI=1S/C22H21BrN4O2/c1-26(14-18-10-11-21(23)29-18)22(28)24-12-16-6-8-17(9-7-16)13-27-15-25-19-4-2-3-5-20(19)27/h2-11,15H,12-14H2,1H3,(H,24,28). The largest absolute Gasteiger partial charge is 0.452 e. The number of hydrogen-bond acceptors (Lipinski definition) is 3. The molecule has 0 aliphatic rings. The Morgan fingerprint density at radius 2 is 1.86 bits per heavy atom. The van der Waals surface area contributed by atoms with Gasteiger partial charge in [-0.15, -0.1) is 0 Å². The lowest BCUT2D eigenvalue weighted by molar-refractivity contribution is 0.202. The minimum atomic E-state index is -0.147. The predicted molar refractivity (Wildman–Crippen MR) is 115 cm³/mol. The first-order valence-corrected chi connectivity index (χ1v) is 10.1. The molecule has 0 saturated carbocycles. The quantitative estimate of drug-likeness (QED) is 0.457. The fraction of sp³-hybridized carbons (Fsp3) is 0.182. The highest BCUT2D eigenvalue weighted by Crippen LogP contribution is 2.16. The number of furan rings is 1. The number of carbonyl (C=O) groups is 1. The van der Waals surface area contributed by atoms with Crippen LogP contribution in [-0.4, -0.2) is 27.5 Å². The molecule has 2 heterocycles. The number of rotatable bonds is 6. The number of nitrogens with one attached hydrogen (secondary N) is 1. The highest BCUT2D eigenvalue weighted by atomic mass is 79.9. The van der Waals surface area contributed by atoms with Gasteiger partial charge in [-0.3, -0.25) is 0 Å². The highest BCUT2D eigenvalue weighted by molar-refractivity contribution is 9.10. The number of amides is 2. The summed E-state index contributed by atoms with van der Waals surface area (Å²) >= 11 is 3.27. The van der Waals surface area contributed by atoms with Crippen LogP contribution in [0, 0.1) is 0 Å². The maximum absolute atomic E-state index is 12.3. The number of nitrogens with zero attached hydrogens (tertiary/aromatic N) is 3. The minimum Gasteiger partial charge on any atom is -0.452 e. The lowest BCUT2D eigenvalue weighted by Gasteiger charge is -2.16. The lowest BCUT2D eigenvalue weighted by Crippen LogP contribution is -2.36. The number of para-hydroxylation sites is 2. The first-order valence-electron chi connectivity index (χ1n) is 9.29. The molecule has 2 amide bonds. The third-order valence-electron chi connectivity index (χ3n) is 4.72. The molecule has 0 fully saturated rings. The minimum absolute atomic E-state index is 0.147. The van der Waals surface area contributed by atoms with Crippen molar-refractivity contribution < 1.29 is 9.21 Å². The van der Waals surface area contributed by atoms with Crippen molar-refractivity contribution in [3.05, 3.63) is 88.5 Å². The molecule has 0 spiro atoms. The Labute approximate surface area is 177 Å². The zero-order valence-electron chi connectivity index (χ0n) is 16.0. The molecule has 2 aromatic heterocycles. The molecule has 0 saturated heterocycles. The molecule has 0 aliphatic heterocycles. The Morgan fingerprint density at radius 1 is 1.10 bits per heavy atom. The van der Waals surface area contributed by atoms with Gasteiger partial charge in [-0.05, 0) is 51.3 Å².